The second-order valence-electron chi connectivity index (χ2n) is 8.59. The Kier molecular flexibility index (Phi) is 4.64. The third kappa shape index (κ3) is 4.28. The van der Waals surface area contributed by atoms with Gasteiger partial charge in [-0.3, -0.25) is 0 Å². The summed E-state index contributed by atoms with van der Waals surface area (Å²) in [5.41, 5.74) is 15.0. The fourth-order valence-electron chi connectivity index (χ4n) is 3.68. The molecule has 4 rings (SSSR count). The van der Waals surface area contributed by atoms with Gasteiger partial charge in [-0.2, -0.15) is 0 Å². The summed E-state index contributed by atoms with van der Waals surface area (Å²) in [5, 5.41) is 0. The average molecular weight is 387 g/mol. The maximum atomic E-state index is 6.54. The van der Waals surface area contributed by atoms with Crippen LogP contribution in [0.15, 0.2) is 36.4 Å². The summed E-state index contributed by atoms with van der Waals surface area (Å²) < 4.78 is 6.54. The summed E-state index contributed by atoms with van der Waals surface area (Å²) in [5.74, 6) is 6.73. The van der Waals surface area contributed by atoms with E-state index in [1.807, 2.05) is 0 Å². The topological polar surface area (TPSA) is 9.23 Å². The van der Waals surface area contributed by atoms with Gasteiger partial charge in [-0.25, -0.2) is 0 Å². The highest BCUT2D eigenvalue weighted by Gasteiger charge is 2.31. The molecule has 0 spiro atoms. The highest BCUT2D eigenvalue weighted by molar-refractivity contribution is 6.92. The SMILES string of the molecule is C[Si](C)(C#Cc1ccc2c(c1)CC2)O[Si](C)(C)C#Cc1ccc2c(c1)CC2. The summed E-state index contributed by atoms with van der Waals surface area (Å²) in [6, 6.07) is 13.2. The van der Waals surface area contributed by atoms with Gasteiger partial charge in [0.25, 0.3) is 16.6 Å². The highest BCUT2D eigenvalue weighted by atomic mass is 28.4. The summed E-state index contributed by atoms with van der Waals surface area (Å²) >= 11 is 0. The second kappa shape index (κ2) is 6.84. The third-order valence-corrected chi connectivity index (χ3v) is 10.8. The normalized spacial score (nSPS) is 14.4. The summed E-state index contributed by atoms with van der Waals surface area (Å²) in [6.45, 7) is 8.73. The predicted molar refractivity (Wildman–Crippen MR) is 118 cm³/mol. The molecule has 1 nitrogen and oxygen atoms in total. The van der Waals surface area contributed by atoms with Crippen LogP contribution < -0.4 is 0 Å². The molecule has 0 saturated carbocycles. The van der Waals surface area contributed by atoms with Crippen LogP contribution in [0.3, 0.4) is 0 Å². The minimum atomic E-state index is -2.08. The van der Waals surface area contributed by atoms with Gasteiger partial charge in [0, 0.05) is 11.1 Å². The summed E-state index contributed by atoms with van der Waals surface area (Å²) in [7, 11) is -4.17. The van der Waals surface area contributed by atoms with Crippen molar-refractivity contribution in [3.63, 3.8) is 0 Å². The molecule has 0 atom stereocenters. The Morgan fingerprint density at radius 2 is 1.04 bits per heavy atom. The highest BCUT2D eigenvalue weighted by Crippen LogP contribution is 2.24. The molecule has 3 heteroatoms. The van der Waals surface area contributed by atoms with E-state index in [9.17, 15) is 0 Å². The van der Waals surface area contributed by atoms with Crippen LogP contribution in [0.2, 0.25) is 26.2 Å². The molecule has 0 unspecified atom stereocenters. The van der Waals surface area contributed by atoms with Crippen molar-refractivity contribution in [2.24, 2.45) is 0 Å². The predicted octanol–water partition coefficient (Wildman–Crippen LogP) is 4.79. The van der Waals surface area contributed by atoms with Crippen LogP contribution in [0.4, 0.5) is 0 Å². The molecule has 2 aliphatic rings. The summed E-state index contributed by atoms with van der Waals surface area (Å²) in [4.78, 5) is 0. The molecule has 0 aliphatic heterocycles. The van der Waals surface area contributed by atoms with Gasteiger partial charge in [-0.1, -0.05) is 35.1 Å². The lowest BCUT2D eigenvalue weighted by Gasteiger charge is -2.26. The van der Waals surface area contributed by atoms with Crippen LogP contribution in [-0.2, 0) is 29.8 Å². The van der Waals surface area contributed by atoms with Gasteiger partial charge < -0.3 is 4.12 Å². The quantitative estimate of drug-likeness (QED) is 0.532. The van der Waals surface area contributed by atoms with Crippen molar-refractivity contribution in [1.82, 2.24) is 0 Å². The van der Waals surface area contributed by atoms with Crippen LogP contribution in [0.1, 0.15) is 33.4 Å². The Morgan fingerprint density at radius 3 is 1.37 bits per heavy atom. The second-order valence-corrected chi connectivity index (χ2v) is 15.9. The maximum Gasteiger partial charge on any atom is 0.256 e. The van der Waals surface area contributed by atoms with E-state index in [2.05, 4.69) is 85.5 Å². The molecular weight excluding hydrogens is 360 g/mol. The minimum absolute atomic E-state index is 1.12. The number of benzene rings is 2. The average Bonchev–Trinajstić information content (AvgIpc) is 2.54. The van der Waals surface area contributed by atoms with Crippen molar-refractivity contribution in [3.05, 3.63) is 69.8 Å². The lowest BCUT2D eigenvalue weighted by atomic mass is 9.87. The third-order valence-electron chi connectivity index (χ3n) is 5.27. The molecule has 0 heterocycles. The zero-order valence-electron chi connectivity index (χ0n) is 16.7. The number of aryl methyl sites for hydroxylation is 4. The van der Waals surface area contributed by atoms with Gasteiger partial charge in [0.1, 0.15) is 0 Å². The van der Waals surface area contributed by atoms with Crippen LogP contribution in [0.5, 0.6) is 0 Å². The van der Waals surface area contributed by atoms with Crippen molar-refractivity contribution < 1.29 is 4.12 Å². The fraction of sp³-hybridized carbons (Fsp3) is 0.333. The zero-order chi connectivity index (χ0) is 19.1. The molecule has 2 aromatic rings. The zero-order valence-corrected chi connectivity index (χ0v) is 18.7. The molecule has 0 amide bonds. The van der Waals surface area contributed by atoms with Crippen molar-refractivity contribution in [1.29, 1.82) is 0 Å². The van der Waals surface area contributed by atoms with E-state index in [1.165, 1.54) is 47.9 Å². The number of rotatable bonds is 2. The molecule has 0 bridgehead atoms. The van der Waals surface area contributed by atoms with E-state index in [0.29, 0.717) is 0 Å². The van der Waals surface area contributed by atoms with E-state index in [-0.39, 0.29) is 0 Å². The largest absolute Gasteiger partial charge is 0.438 e. The molecule has 0 fully saturated rings. The van der Waals surface area contributed by atoms with Gasteiger partial charge in [0.2, 0.25) is 0 Å². The van der Waals surface area contributed by atoms with Crippen molar-refractivity contribution >= 4 is 16.6 Å². The molecular formula is C24H26OSi2. The number of hydrogen-bond donors (Lipinski definition) is 0. The van der Waals surface area contributed by atoms with Gasteiger partial charge >= 0.3 is 0 Å². The standard InChI is InChI=1S/C24H26OSi2/c1-26(2,15-13-19-5-7-21-9-11-23(21)17-19)25-27(3,4)16-14-20-6-8-22-10-12-24(22)18-20/h5-8,17-18H,9-12H2,1-4H3. The first kappa shape index (κ1) is 18.3. The first-order valence-electron chi connectivity index (χ1n) is 9.80. The Labute approximate surface area is 165 Å². The Hall–Kier alpha value is -2.05. The molecule has 0 saturated heterocycles. The van der Waals surface area contributed by atoms with Crippen LogP contribution in [0.25, 0.3) is 0 Å². The van der Waals surface area contributed by atoms with E-state index < -0.39 is 16.6 Å². The van der Waals surface area contributed by atoms with Crippen LogP contribution >= 0.6 is 0 Å². The lowest BCUT2D eigenvalue weighted by molar-refractivity contribution is 0.576. The van der Waals surface area contributed by atoms with E-state index in [1.54, 1.807) is 0 Å². The minimum Gasteiger partial charge on any atom is -0.438 e. The fourth-order valence-corrected chi connectivity index (χ4v) is 10.1. The molecule has 2 aromatic carbocycles. The van der Waals surface area contributed by atoms with E-state index in [0.717, 1.165) is 11.1 Å². The van der Waals surface area contributed by atoms with Crippen molar-refractivity contribution in [2.45, 2.75) is 51.9 Å². The van der Waals surface area contributed by atoms with Crippen LogP contribution in [0, 0.1) is 22.9 Å². The van der Waals surface area contributed by atoms with Gasteiger partial charge in [0.15, 0.2) is 0 Å². The Bertz CT molecular complexity index is 942. The molecule has 0 N–H and O–H groups in total. The Balaban J connectivity index is 1.46. The van der Waals surface area contributed by atoms with Gasteiger partial charge in [0.05, 0.1) is 0 Å². The van der Waals surface area contributed by atoms with Crippen molar-refractivity contribution in [3.8, 4) is 22.9 Å². The number of hydrogen-bond acceptors (Lipinski definition) is 1. The molecule has 27 heavy (non-hydrogen) atoms. The molecule has 136 valence electrons. The van der Waals surface area contributed by atoms with Crippen LogP contribution in [-0.4, -0.2) is 16.6 Å². The first-order chi connectivity index (χ1) is 12.8. The molecule has 2 aliphatic carbocycles. The van der Waals surface area contributed by atoms with Crippen molar-refractivity contribution in [2.75, 3.05) is 0 Å². The summed E-state index contributed by atoms with van der Waals surface area (Å²) in [6.07, 6.45) is 4.82. The lowest BCUT2D eigenvalue weighted by Crippen LogP contribution is -2.43. The smallest absolute Gasteiger partial charge is 0.256 e. The Morgan fingerprint density at radius 1 is 0.630 bits per heavy atom. The van der Waals surface area contributed by atoms with E-state index >= 15 is 0 Å². The van der Waals surface area contributed by atoms with E-state index in [4.69, 9.17) is 4.12 Å². The molecule has 0 radical (unpaired) electrons. The first-order valence-corrected chi connectivity index (χ1v) is 15.6. The molecule has 0 aromatic heterocycles. The number of fused-ring (bicyclic) bond motifs is 2. The van der Waals surface area contributed by atoms with Gasteiger partial charge in [-0.15, -0.1) is 0 Å². The maximum absolute atomic E-state index is 6.54. The van der Waals surface area contributed by atoms with Gasteiger partial charge in [-0.05, 0) is 98.4 Å². The monoisotopic (exact) mass is 386 g/mol.